The number of benzene rings is 3. The summed E-state index contributed by atoms with van der Waals surface area (Å²) < 4.78 is 16.2. The number of rotatable bonds is 8. The van der Waals surface area contributed by atoms with Crippen molar-refractivity contribution in [3.63, 3.8) is 0 Å². The fourth-order valence-electron chi connectivity index (χ4n) is 2.87. The van der Waals surface area contributed by atoms with E-state index in [1.807, 2.05) is 66.7 Å². The molecule has 0 heterocycles. The lowest BCUT2D eigenvalue weighted by molar-refractivity contribution is 0.349. The predicted molar refractivity (Wildman–Crippen MR) is 123 cm³/mol. The lowest BCUT2D eigenvalue weighted by atomic mass is 10.2. The van der Waals surface area contributed by atoms with E-state index in [4.69, 9.17) is 26.0 Å². The van der Waals surface area contributed by atoms with E-state index in [0.29, 0.717) is 17.2 Å². The summed E-state index contributed by atoms with van der Waals surface area (Å²) in [5, 5.41) is 9.84. The van der Waals surface area contributed by atoms with Crippen LogP contribution in [0, 0.1) is 0 Å². The number of nitrogens with zero attached hydrogens (tertiary/aromatic N) is 1. The van der Waals surface area contributed by atoms with Crippen LogP contribution in [0.2, 0.25) is 0 Å². The first-order valence-electron chi connectivity index (χ1n) is 8.94. The van der Waals surface area contributed by atoms with Gasteiger partial charge in [0.25, 0.3) is 0 Å². The van der Waals surface area contributed by atoms with E-state index in [0.717, 1.165) is 16.2 Å². The molecule has 0 aliphatic carbocycles. The van der Waals surface area contributed by atoms with E-state index in [-0.39, 0.29) is 0 Å². The van der Waals surface area contributed by atoms with Crippen molar-refractivity contribution in [3.05, 3.63) is 78.4 Å². The summed E-state index contributed by atoms with van der Waals surface area (Å²) in [6, 6.07) is 23.6. The zero-order valence-corrected chi connectivity index (χ0v) is 18.2. The summed E-state index contributed by atoms with van der Waals surface area (Å²) >= 11 is 6.11. The molecule has 29 heavy (non-hydrogen) atoms. The Morgan fingerprint density at radius 3 is 1.72 bits per heavy atom. The van der Waals surface area contributed by atoms with E-state index in [2.05, 4.69) is 10.3 Å². The van der Waals surface area contributed by atoms with Crippen molar-refractivity contribution in [3.8, 4) is 17.2 Å². The van der Waals surface area contributed by atoms with Gasteiger partial charge in [0.2, 0.25) is 0 Å². The molecule has 7 heteroatoms. The van der Waals surface area contributed by atoms with E-state index in [9.17, 15) is 0 Å². The molecular formula is C22H23N2O3PS. The van der Waals surface area contributed by atoms with Gasteiger partial charge in [-0.15, -0.1) is 0 Å². The first-order chi connectivity index (χ1) is 14.1. The van der Waals surface area contributed by atoms with E-state index >= 15 is 0 Å². The van der Waals surface area contributed by atoms with Crippen LogP contribution in [-0.2, 0) is 11.8 Å². The van der Waals surface area contributed by atoms with Crippen molar-refractivity contribution in [1.29, 1.82) is 0 Å². The second kappa shape index (κ2) is 9.59. The minimum Gasteiger partial charge on any atom is -0.496 e. The number of nitrogens with one attached hydrogen (secondary N) is 1. The molecule has 3 aromatic rings. The zero-order chi connectivity index (χ0) is 20.7. The smallest absolute Gasteiger partial charge is 0.164 e. The SMILES string of the molecule is COc1cc(OC)c(OC)cc1C=NNP(=S)(c1ccccc1)c1ccccc1. The number of hydrazone groups is 1. The largest absolute Gasteiger partial charge is 0.496 e. The highest BCUT2D eigenvalue weighted by Gasteiger charge is 2.21. The molecule has 0 aliphatic rings. The second-order valence-corrected chi connectivity index (χ2v) is 10.2. The summed E-state index contributed by atoms with van der Waals surface area (Å²) in [5.74, 6) is 1.81. The Morgan fingerprint density at radius 2 is 1.24 bits per heavy atom. The molecule has 0 radical (unpaired) electrons. The van der Waals surface area contributed by atoms with Gasteiger partial charge in [0.1, 0.15) is 11.9 Å². The lowest BCUT2D eigenvalue weighted by Crippen LogP contribution is -2.24. The highest BCUT2D eigenvalue weighted by Crippen LogP contribution is 2.39. The Bertz CT molecular complexity index is 983. The van der Waals surface area contributed by atoms with Gasteiger partial charge in [-0.1, -0.05) is 72.5 Å². The van der Waals surface area contributed by atoms with E-state index < -0.39 is 6.19 Å². The fraction of sp³-hybridized carbons (Fsp3) is 0.136. The quantitative estimate of drug-likeness (QED) is 0.338. The first-order valence-corrected chi connectivity index (χ1v) is 11.7. The van der Waals surface area contributed by atoms with Crippen LogP contribution < -0.4 is 30.0 Å². The Balaban J connectivity index is 1.97. The van der Waals surface area contributed by atoms with Gasteiger partial charge in [0, 0.05) is 22.2 Å². The Morgan fingerprint density at radius 1 is 0.759 bits per heavy atom. The van der Waals surface area contributed by atoms with E-state index in [1.165, 1.54) is 0 Å². The van der Waals surface area contributed by atoms with Crippen molar-refractivity contribution in [2.24, 2.45) is 5.10 Å². The molecule has 0 unspecified atom stereocenters. The van der Waals surface area contributed by atoms with Gasteiger partial charge in [-0.3, -0.25) is 5.20 Å². The summed E-state index contributed by atoms with van der Waals surface area (Å²) in [6.07, 6.45) is -0.642. The van der Waals surface area contributed by atoms with Crippen LogP contribution in [-0.4, -0.2) is 27.5 Å². The minimum atomic E-state index is -2.33. The van der Waals surface area contributed by atoms with Crippen LogP contribution >= 0.6 is 6.19 Å². The van der Waals surface area contributed by atoms with Gasteiger partial charge in [0.05, 0.1) is 27.5 Å². The van der Waals surface area contributed by atoms with Gasteiger partial charge in [-0.2, -0.15) is 5.10 Å². The molecule has 3 aromatic carbocycles. The molecule has 0 aromatic heterocycles. The summed E-state index contributed by atoms with van der Waals surface area (Å²) in [7, 11) is 4.78. The molecule has 0 spiro atoms. The second-order valence-electron chi connectivity index (χ2n) is 6.09. The molecule has 0 atom stereocenters. The molecule has 0 saturated carbocycles. The number of methoxy groups -OCH3 is 3. The van der Waals surface area contributed by atoms with Crippen molar-refractivity contribution < 1.29 is 14.2 Å². The van der Waals surface area contributed by atoms with Crippen LogP contribution in [0.1, 0.15) is 5.56 Å². The molecule has 0 amide bonds. The number of hydrogen-bond donors (Lipinski definition) is 1. The third-order valence-corrected chi connectivity index (χ3v) is 8.34. The molecule has 150 valence electrons. The molecule has 0 bridgehead atoms. The van der Waals surface area contributed by atoms with Crippen molar-refractivity contribution in [2.75, 3.05) is 21.3 Å². The first kappa shape index (κ1) is 20.9. The van der Waals surface area contributed by atoms with Gasteiger partial charge in [0.15, 0.2) is 11.5 Å². The highest BCUT2D eigenvalue weighted by molar-refractivity contribution is 8.20. The van der Waals surface area contributed by atoms with Crippen molar-refractivity contribution in [1.82, 2.24) is 5.20 Å². The fourth-order valence-corrected chi connectivity index (χ4v) is 5.68. The van der Waals surface area contributed by atoms with Crippen LogP contribution in [0.15, 0.2) is 77.9 Å². The van der Waals surface area contributed by atoms with Gasteiger partial charge in [-0.05, 0) is 6.07 Å². The zero-order valence-electron chi connectivity index (χ0n) is 16.5. The molecule has 1 N–H and O–H groups in total. The average Bonchev–Trinajstić information content (AvgIpc) is 2.79. The maximum absolute atomic E-state index is 6.11. The molecule has 5 nitrogen and oxygen atoms in total. The highest BCUT2D eigenvalue weighted by atomic mass is 32.4. The standard InChI is InChI=1S/C22H23N2O3PS/c1-25-20-15-22(27-3)21(26-2)14-17(20)16-23-24-28(29,18-10-6-4-7-11-18)19-12-8-5-9-13-19/h4-16H,1-3H3,(H,24,29). The maximum atomic E-state index is 6.11. The topological polar surface area (TPSA) is 52.1 Å². The molecule has 3 rings (SSSR count). The minimum absolute atomic E-state index is 0.591. The van der Waals surface area contributed by atoms with Gasteiger partial charge >= 0.3 is 0 Å². The van der Waals surface area contributed by atoms with Gasteiger partial charge < -0.3 is 14.2 Å². The normalized spacial score (nSPS) is 11.3. The van der Waals surface area contributed by atoms with Crippen LogP contribution in [0.4, 0.5) is 0 Å². The summed E-state index contributed by atoms with van der Waals surface area (Å²) in [6.45, 7) is 0. The third-order valence-electron chi connectivity index (χ3n) is 4.38. The number of ether oxygens (including phenoxy) is 3. The average molecular weight is 426 g/mol. The molecule has 0 aliphatic heterocycles. The third kappa shape index (κ3) is 4.61. The lowest BCUT2D eigenvalue weighted by Gasteiger charge is -2.22. The Labute approximate surface area is 176 Å². The van der Waals surface area contributed by atoms with Crippen LogP contribution in [0.25, 0.3) is 0 Å². The Hall–Kier alpha value is -2.82. The monoisotopic (exact) mass is 426 g/mol. The van der Waals surface area contributed by atoms with Crippen molar-refractivity contribution >= 4 is 34.8 Å². The Kier molecular flexibility index (Phi) is 6.91. The molecular weight excluding hydrogens is 403 g/mol. The van der Waals surface area contributed by atoms with Crippen molar-refractivity contribution in [2.45, 2.75) is 0 Å². The number of hydrogen-bond acceptors (Lipinski definition) is 5. The van der Waals surface area contributed by atoms with E-state index in [1.54, 1.807) is 33.6 Å². The predicted octanol–water partition coefficient (Wildman–Crippen LogP) is 3.68. The van der Waals surface area contributed by atoms with Crippen LogP contribution in [0.5, 0.6) is 17.2 Å². The maximum Gasteiger partial charge on any atom is 0.164 e. The van der Waals surface area contributed by atoms with Gasteiger partial charge in [-0.25, -0.2) is 0 Å². The summed E-state index contributed by atoms with van der Waals surface area (Å²) in [5.41, 5.74) is 0.750. The molecule has 0 fully saturated rings. The summed E-state index contributed by atoms with van der Waals surface area (Å²) in [4.78, 5) is 0. The van der Waals surface area contributed by atoms with Crippen LogP contribution in [0.3, 0.4) is 0 Å². The molecule has 0 saturated heterocycles.